The Balaban J connectivity index is 3.16. The van der Waals surface area contributed by atoms with Crippen molar-refractivity contribution in [3.63, 3.8) is 0 Å². The highest BCUT2D eigenvalue weighted by Gasteiger charge is 2.07. The Labute approximate surface area is 126 Å². The highest BCUT2D eigenvalue weighted by Crippen LogP contribution is 2.11. The third kappa shape index (κ3) is 14.6. The molecule has 0 radical (unpaired) electrons. The highest BCUT2D eigenvalue weighted by atomic mass is 35.5. The van der Waals surface area contributed by atoms with Crippen LogP contribution in [0.2, 0.25) is 0 Å². The van der Waals surface area contributed by atoms with Gasteiger partial charge in [0.1, 0.15) is 0 Å². The standard InChI is InChI=1S/C15H31ClO2S/c1-2-3-4-5-6-7-8-9-10-11-12-19(18)14-15(16)13-17/h15,17H,2-14H2,1H3. The normalized spacial score (nSPS) is 14.5. The molecule has 0 aromatic heterocycles. The van der Waals surface area contributed by atoms with Gasteiger partial charge in [0.15, 0.2) is 0 Å². The van der Waals surface area contributed by atoms with Crippen molar-refractivity contribution >= 4 is 22.4 Å². The van der Waals surface area contributed by atoms with E-state index in [2.05, 4.69) is 6.92 Å². The molecule has 0 fully saturated rings. The first-order valence-corrected chi connectivity index (χ1v) is 9.73. The van der Waals surface area contributed by atoms with Crippen LogP contribution in [0.4, 0.5) is 0 Å². The summed E-state index contributed by atoms with van der Waals surface area (Å²) in [5, 5.41) is 8.42. The summed E-state index contributed by atoms with van der Waals surface area (Å²) in [6.07, 6.45) is 13.0. The van der Waals surface area contributed by atoms with Crippen LogP contribution in [0.25, 0.3) is 0 Å². The predicted octanol–water partition coefficient (Wildman–Crippen LogP) is 4.26. The smallest absolute Gasteiger partial charge is 0.0682 e. The molecule has 2 unspecified atom stereocenters. The van der Waals surface area contributed by atoms with Gasteiger partial charge in [-0.1, -0.05) is 64.7 Å². The Morgan fingerprint density at radius 3 is 1.89 bits per heavy atom. The third-order valence-corrected chi connectivity index (χ3v) is 5.28. The molecule has 0 aromatic carbocycles. The Bertz CT molecular complexity index is 212. The van der Waals surface area contributed by atoms with Crippen molar-refractivity contribution in [2.45, 2.75) is 76.5 Å². The summed E-state index contributed by atoms with van der Waals surface area (Å²) in [6, 6.07) is 0. The first-order valence-electron chi connectivity index (χ1n) is 7.80. The molecule has 1 N–H and O–H groups in total. The van der Waals surface area contributed by atoms with E-state index < -0.39 is 10.8 Å². The van der Waals surface area contributed by atoms with Gasteiger partial charge in [-0.05, 0) is 6.42 Å². The van der Waals surface area contributed by atoms with Crippen molar-refractivity contribution in [1.82, 2.24) is 0 Å². The van der Waals surface area contributed by atoms with E-state index in [0.717, 1.165) is 12.2 Å². The number of hydrogen-bond acceptors (Lipinski definition) is 2. The second kappa shape index (κ2) is 14.8. The third-order valence-electron chi connectivity index (χ3n) is 3.29. The molecule has 19 heavy (non-hydrogen) atoms. The summed E-state index contributed by atoms with van der Waals surface area (Å²) in [4.78, 5) is 0. The molecule has 2 atom stereocenters. The summed E-state index contributed by atoms with van der Waals surface area (Å²) >= 11 is 5.75. The summed E-state index contributed by atoms with van der Waals surface area (Å²) in [7, 11) is -0.855. The first kappa shape index (κ1) is 19.4. The molecule has 0 aliphatic carbocycles. The summed E-state index contributed by atoms with van der Waals surface area (Å²) in [5.41, 5.74) is 0. The van der Waals surface area contributed by atoms with Crippen molar-refractivity contribution in [3.8, 4) is 0 Å². The molecule has 0 saturated carbocycles. The maximum absolute atomic E-state index is 11.6. The van der Waals surface area contributed by atoms with E-state index in [9.17, 15) is 4.21 Å². The fourth-order valence-corrected chi connectivity index (χ4v) is 3.71. The Kier molecular flexibility index (Phi) is 15.1. The Hall–Kier alpha value is 0.400. The number of unbranched alkanes of at least 4 members (excludes halogenated alkanes) is 9. The number of alkyl halides is 1. The van der Waals surface area contributed by atoms with Crippen molar-refractivity contribution in [1.29, 1.82) is 0 Å². The van der Waals surface area contributed by atoms with Crippen LogP contribution in [0.3, 0.4) is 0 Å². The molecule has 0 amide bonds. The zero-order valence-electron chi connectivity index (χ0n) is 12.4. The summed E-state index contributed by atoms with van der Waals surface area (Å²) in [5.74, 6) is 1.16. The minimum absolute atomic E-state index is 0.0780. The van der Waals surface area contributed by atoms with Gasteiger partial charge >= 0.3 is 0 Å². The molecule has 0 aliphatic heterocycles. The molecular formula is C15H31ClO2S. The lowest BCUT2D eigenvalue weighted by molar-refractivity contribution is 0.299. The predicted molar refractivity (Wildman–Crippen MR) is 86.4 cm³/mol. The van der Waals surface area contributed by atoms with Gasteiger partial charge in [-0.15, -0.1) is 11.6 Å². The van der Waals surface area contributed by atoms with Crippen molar-refractivity contribution in [2.24, 2.45) is 0 Å². The van der Waals surface area contributed by atoms with Crippen LogP contribution >= 0.6 is 11.6 Å². The van der Waals surface area contributed by atoms with Gasteiger partial charge in [-0.3, -0.25) is 4.21 Å². The van der Waals surface area contributed by atoms with Gasteiger partial charge < -0.3 is 5.11 Å². The number of rotatable bonds is 14. The Morgan fingerprint density at radius 2 is 1.42 bits per heavy atom. The average Bonchev–Trinajstić information content (AvgIpc) is 2.40. The highest BCUT2D eigenvalue weighted by molar-refractivity contribution is 7.85. The molecule has 0 saturated heterocycles. The van der Waals surface area contributed by atoms with E-state index in [1.807, 2.05) is 0 Å². The van der Waals surface area contributed by atoms with E-state index in [0.29, 0.717) is 5.75 Å². The maximum Gasteiger partial charge on any atom is 0.0682 e. The topological polar surface area (TPSA) is 37.3 Å². The maximum atomic E-state index is 11.6. The largest absolute Gasteiger partial charge is 0.395 e. The fraction of sp³-hybridized carbons (Fsp3) is 1.00. The van der Waals surface area contributed by atoms with Crippen LogP contribution in [-0.4, -0.2) is 32.8 Å². The van der Waals surface area contributed by atoms with Crippen LogP contribution in [-0.2, 0) is 10.8 Å². The van der Waals surface area contributed by atoms with Gasteiger partial charge in [-0.2, -0.15) is 0 Å². The minimum atomic E-state index is -0.855. The molecule has 2 nitrogen and oxygen atoms in total. The lowest BCUT2D eigenvalue weighted by Crippen LogP contribution is -2.16. The van der Waals surface area contributed by atoms with Crippen LogP contribution in [0.5, 0.6) is 0 Å². The van der Waals surface area contributed by atoms with E-state index in [4.69, 9.17) is 16.7 Å². The van der Waals surface area contributed by atoms with Crippen molar-refractivity contribution < 1.29 is 9.32 Å². The van der Waals surface area contributed by atoms with E-state index in [1.165, 1.54) is 57.8 Å². The number of aliphatic hydroxyl groups is 1. The zero-order valence-corrected chi connectivity index (χ0v) is 14.0. The lowest BCUT2D eigenvalue weighted by atomic mass is 10.1. The van der Waals surface area contributed by atoms with Crippen molar-refractivity contribution in [2.75, 3.05) is 18.1 Å². The SMILES string of the molecule is CCCCCCCCCCCCS(=O)CC(Cl)CO. The van der Waals surface area contributed by atoms with Gasteiger partial charge in [-0.25, -0.2) is 0 Å². The molecular weight excluding hydrogens is 280 g/mol. The second-order valence-electron chi connectivity index (χ2n) is 5.27. The van der Waals surface area contributed by atoms with Gasteiger partial charge in [0.25, 0.3) is 0 Å². The van der Waals surface area contributed by atoms with Crippen LogP contribution in [0.15, 0.2) is 0 Å². The quantitative estimate of drug-likeness (QED) is 0.384. The Morgan fingerprint density at radius 1 is 0.947 bits per heavy atom. The van der Waals surface area contributed by atoms with Gasteiger partial charge in [0.2, 0.25) is 0 Å². The van der Waals surface area contributed by atoms with E-state index in [-0.39, 0.29) is 12.0 Å². The monoisotopic (exact) mass is 310 g/mol. The molecule has 116 valence electrons. The van der Waals surface area contributed by atoms with Crippen LogP contribution in [0.1, 0.15) is 71.1 Å². The lowest BCUT2D eigenvalue weighted by Gasteiger charge is -2.06. The van der Waals surface area contributed by atoms with Crippen molar-refractivity contribution in [3.05, 3.63) is 0 Å². The molecule has 0 heterocycles. The summed E-state index contributed by atoms with van der Waals surface area (Å²) < 4.78 is 11.6. The molecule has 0 rings (SSSR count). The fourth-order valence-electron chi connectivity index (χ4n) is 2.09. The molecule has 0 aromatic rings. The zero-order chi connectivity index (χ0) is 14.3. The number of aliphatic hydroxyl groups excluding tert-OH is 1. The van der Waals surface area contributed by atoms with E-state index >= 15 is 0 Å². The number of halogens is 1. The molecule has 4 heteroatoms. The minimum Gasteiger partial charge on any atom is -0.395 e. The van der Waals surface area contributed by atoms with E-state index in [1.54, 1.807) is 0 Å². The number of hydrogen-bond donors (Lipinski definition) is 1. The molecule has 0 bridgehead atoms. The van der Waals surface area contributed by atoms with Gasteiger partial charge in [0, 0.05) is 22.3 Å². The van der Waals surface area contributed by atoms with Crippen LogP contribution < -0.4 is 0 Å². The molecule has 0 aliphatic rings. The average molecular weight is 311 g/mol. The van der Waals surface area contributed by atoms with Crippen LogP contribution in [0, 0.1) is 0 Å². The first-order chi connectivity index (χ1) is 9.20. The van der Waals surface area contributed by atoms with Gasteiger partial charge in [0.05, 0.1) is 12.0 Å². The summed E-state index contributed by atoms with van der Waals surface area (Å²) in [6.45, 7) is 2.17. The molecule has 0 spiro atoms. The second-order valence-corrected chi connectivity index (χ2v) is 7.51.